The van der Waals surface area contributed by atoms with Crippen molar-refractivity contribution in [1.82, 2.24) is 0 Å². The van der Waals surface area contributed by atoms with E-state index in [-0.39, 0.29) is 5.69 Å². The van der Waals surface area contributed by atoms with Crippen LogP contribution >= 0.6 is 15.9 Å². The molecule has 0 aliphatic heterocycles. The smallest absolute Gasteiger partial charge is 0.264 e. The quantitative estimate of drug-likeness (QED) is 0.806. The van der Waals surface area contributed by atoms with Crippen LogP contribution in [0.3, 0.4) is 0 Å². The molecule has 0 heterocycles. The molecule has 2 aromatic carbocycles. The fourth-order valence-electron chi connectivity index (χ4n) is 1.66. The van der Waals surface area contributed by atoms with Gasteiger partial charge in [0, 0.05) is 16.2 Å². The number of hydrogen-bond acceptors (Lipinski definition) is 3. The van der Waals surface area contributed by atoms with E-state index in [9.17, 15) is 17.2 Å². The van der Waals surface area contributed by atoms with Crippen LogP contribution in [0.1, 0.15) is 5.56 Å². The Morgan fingerprint density at radius 3 is 2.48 bits per heavy atom. The van der Waals surface area contributed by atoms with Gasteiger partial charge in [-0.25, -0.2) is 17.2 Å². The van der Waals surface area contributed by atoms with Crippen LogP contribution in [0.15, 0.2) is 39.7 Å². The van der Waals surface area contributed by atoms with Crippen molar-refractivity contribution < 1.29 is 17.2 Å². The fraction of sp³-hybridized carbons (Fsp3) is 0.0769. The van der Waals surface area contributed by atoms with Gasteiger partial charge in [0.1, 0.15) is 16.5 Å². The minimum absolute atomic E-state index is 0.168. The lowest BCUT2D eigenvalue weighted by molar-refractivity contribution is 0.551. The maximum absolute atomic E-state index is 13.6. The topological polar surface area (TPSA) is 72.2 Å². The molecule has 0 unspecified atom stereocenters. The number of rotatable bonds is 3. The lowest BCUT2D eigenvalue weighted by Gasteiger charge is -2.12. The number of aryl methyl sites for hydroxylation is 1. The van der Waals surface area contributed by atoms with Crippen LogP contribution in [0.25, 0.3) is 0 Å². The number of nitrogens with one attached hydrogen (secondary N) is 1. The molecule has 0 aliphatic carbocycles. The van der Waals surface area contributed by atoms with Gasteiger partial charge in [-0.15, -0.1) is 0 Å². The van der Waals surface area contributed by atoms with Gasteiger partial charge in [0.15, 0.2) is 0 Å². The Kier molecular flexibility index (Phi) is 4.20. The summed E-state index contributed by atoms with van der Waals surface area (Å²) in [5.41, 5.74) is 7.03. The maximum Gasteiger partial charge on any atom is 0.264 e. The molecule has 0 amide bonds. The zero-order chi connectivity index (χ0) is 15.8. The van der Waals surface area contributed by atoms with Crippen molar-refractivity contribution in [3.8, 4) is 0 Å². The van der Waals surface area contributed by atoms with Crippen LogP contribution in [0.5, 0.6) is 0 Å². The number of nitrogens with two attached hydrogens (primary N) is 1. The number of halogens is 3. The van der Waals surface area contributed by atoms with Crippen LogP contribution in [-0.4, -0.2) is 8.42 Å². The van der Waals surface area contributed by atoms with E-state index in [1.807, 2.05) is 0 Å². The van der Waals surface area contributed by atoms with Gasteiger partial charge in [0.2, 0.25) is 0 Å². The van der Waals surface area contributed by atoms with Gasteiger partial charge in [0.05, 0.1) is 5.69 Å². The molecule has 0 spiro atoms. The summed E-state index contributed by atoms with van der Waals surface area (Å²) >= 11 is 3.20. The Labute approximate surface area is 129 Å². The van der Waals surface area contributed by atoms with E-state index in [0.29, 0.717) is 16.2 Å². The van der Waals surface area contributed by atoms with Gasteiger partial charge in [-0.1, -0.05) is 0 Å². The molecule has 0 saturated carbocycles. The first kappa shape index (κ1) is 15.7. The first-order chi connectivity index (χ1) is 9.70. The molecule has 0 atom stereocenters. The third-order valence-corrected chi connectivity index (χ3v) is 4.84. The van der Waals surface area contributed by atoms with Crippen LogP contribution in [0.4, 0.5) is 20.2 Å². The molecule has 21 heavy (non-hydrogen) atoms. The molecule has 2 rings (SSSR count). The number of anilines is 2. The van der Waals surface area contributed by atoms with E-state index < -0.39 is 26.6 Å². The molecule has 0 saturated heterocycles. The second-order valence-corrected chi connectivity index (χ2v) is 6.87. The molecule has 0 bridgehead atoms. The third-order valence-electron chi connectivity index (χ3n) is 2.78. The molecular formula is C13H11BrF2N2O2S. The fourth-order valence-corrected chi connectivity index (χ4v) is 3.48. The molecule has 0 radical (unpaired) electrons. The Morgan fingerprint density at radius 1 is 1.19 bits per heavy atom. The van der Waals surface area contributed by atoms with E-state index in [0.717, 1.165) is 17.7 Å². The summed E-state index contributed by atoms with van der Waals surface area (Å²) in [5.74, 6) is -2.02. The van der Waals surface area contributed by atoms with Crippen molar-refractivity contribution in [2.75, 3.05) is 10.5 Å². The minimum Gasteiger partial charge on any atom is -0.398 e. The molecule has 3 N–H and O–H groups in total. The summed E-state index contributed by atoms with van der Waals surface area (Å²) in [6, 6.07) is 5.29. The van der Waals surface area contributed by atoms with Crippen molar-refractivity contribution >= 4 is 37.3 Å². The number of sulfonamides is 1. The van der Waals surface area contributed by atoms with Gasteiger partial charge < -0.3 is 5.73 Å². The standard InChI is InChI=1S/C13H11BrF2N2O2S/c1-7-4-9(14)12(6-11(7)17)18-21(19,20)13-3-2-8(15)5-10(13)16/h2-6,18H,17H2,1H3. The highest BCUT2D eigenvalue weighted by atomic mass is 79.9. The van der Waals surface area contributed by atoms with Crippen molar-refractivity contribution in [2.24, 2.45) is 0 Å². The molecule has 112 valence electrons. The average molecular weight is 377 g/mol. The Morgan fingerprint density at radius 2 is 1.86 bits per heavy atom. The zero-order valence-electron chi connectivity index (χ0n) is 10.8. The highest BCUT2D eigenvalue weighted by Crippen LogP contribution is 2.30. The summed E-state index contributed by atoms with van der Waals surface area (Å²) < 4.78 is 53.4. The monoisotopic (exact) mass is 376 g/mol. The summed E-state index contributed by atoms with van der Waals surface area (Å²) in [4.78, 5) is -0.644. The van der Waals surface area contributed by atoms with Crippen molar-refractivity contribution in [1.29, 1.82) is 0 Å². The van der Waals surface area contributed by atoms with Crippen LogP contribution in [0, 0.1) is 18.6 Å². The Hall–Kier alpha value is -1.67. The molecule has 0 aromatic heterocycles. The highest BCUT2D eigenvalue weighted by molar-refractivity contribution is 9.10. The van der Waals surface area contributed by atoms with Crippen molar-refractivity contribution in [2.45, 2.75) is 11.8 Å². The maximum atomic E-state index is 13.6. The second-order valence-electron chi connectivity index (χ2n) is 4.37. The second kappa shape index (κ2) is 5.61. The van der Waals surface area contributed by atoms with Gasteiger partial charge in [0.25, 0.3) is 10.0 Å². The predicted octanol–water partition coefficient (Wildman–Crippen LogP) is 3.42. The Bertz CT molecular complexity index is 810. The van der Waals surface area contributed by atoms with Crippen molar-refractivity contribution in [3.05, 3.63) is 52.0 Å². The lowest BCUT2D eigenvalue weighted by Crippen LogP contribution is -2.15. The zero-order valence-corrected chi connectivity index (χ0v) is 13.2. The Balaban J connectivity index is 2.45. The molecule has 4 nitrogen and oxygen atoms in total. The van der Waals surface area contributed by atoms with E-state index in [2.05, 4.69) is 20.7 Å². The van der Waals surface area contributed by atoms with Crippen LogP contribution in [-0.2, 0) is 10.0 Å². The third kappa shape index (κ3) is 3.33. The molecule has 0 fully saturated rings. The highest BCUT2D eigenvalue weighted by Gasteiger charge is 2.21. The number of nitrogen functional groups attached to an aromatic ring is 1. The largest absolute Gasteiger partial charge is 0.398 e. The molecule has 2 aromatic rings. The van der Waals surface area contributed by atoms with E-state index in [1.165, 1.54) is 6.07 Å². The van der Waals surface area contributed by atoms with E-state index in [4.69, 9.17) is 5.73 Å². The lowest BCUT2D eigenvalue weighted by atomic mass is 10.2. The first-order valence-electron chi connectivity index (χ1n) is 5.74. The van der Waals surface area contributed by atoms with Crippen molar-refractivity contribution in [3.63, 3.8) is 0 Å². The van der Waals surface area contributed by atoms with Gasteiger partial charge in [-0.2, -0.15) is 0 Å². The van der Waals surface area contributed by atoms with E-state index >= 15 is 0 Å². The number of hydrogen-bond donors (Lipinski definition) is 2. The summed E-state index contributed by atoms with van der Waals surface area (Å²) in [6.07, 6.45) is 0. The summed E-state index contributed by atoms with van der Waals surface area (Å²) in [5, 5.41) is 0. The SMILES string of the molecule is Cc1cc(Br)c(NS(=O)(=O)c2ccc(F)cc2F)cc1N. The predicted molar refractivity (Wildman–Crippen MR) is 80.5 cm³/mol. The molecule has 0 aliphatic rings. The summed E-state index contributed by atoms with van der Waals surface area (Å²) in [6.45, 7) is 1.76. The average Bonchev–Trinajstić information content (AvgIpc) is 2.35. The van der Waals surface area contributed by atoms with E-state index in [1.54, 1.807) is 13.0 Å². The first-order valence-corrected chi connectivity index (χ1v) is 8.02. The summed E-state index contributed by atoms with van der Waals surface area (Å²) in [7, 11) is -4.19. The molecular weight excluding hydrogens is 366 g/mol. The van der Waals surface area contributed by atoms with Crippen LogP contribution in [0.2, 0.25) is 0 Å². The molecule has 8 heteroatoms. The number of benzene rings is 2. The minimum atomic E-state index is -4.19. The van der Waals surface area contributed by atoms with Gasteiger partial charge in [-0.05, 0) is 52.7 Å². The van der Waals surface area contributed by atoms with Gasteiger partial charge >= 0.3 is 0 Å². The van der Waals surface area contributed by atoms with Crippen LogP contribution < -0.4 is 10.5 Å². The van der Waals surface area contributed by atoms with Gasteiger partial charge in [-0.3, -0.25) is 4.72 Å². The normalized spacial score (nSPS) is 11.4.